The minimum absolute atomic E-state index is 0.279. The maximum atomic E-state index is 13.8. The number of aromatic nitrogens is 1. The predicted molar refractivity (Wildman–Crippen MR) is 73.9 cm³/mol. The Kier molecular flexibility index (Phi) is 4.10. The summed E-state index contributed by atoms with van der Waals surface area (Å²) in [5.41, 5.74) is 1.17. The van der Waals surface area contributed by atoms with Gasteiger partial charge in [-0.2, -0.15) is 5.26 Å². The molecular formula is C13H10BrFN2S. The number of thiazole rings is 1. The maximum Gasteiger partial charge on any atom is 0.132 e. The third kappa shape index (κ3) is 2.77. The van der Waals surface area contributed by atoms with E-state index in [0.29, 0.717) is 24.1 Å². The number of aryl methyl sites for hydroxylation is 2. The van der Waals surface area contributed by atoms with E-state index in [0.717, 1.165) is 14.4 Å². The first kappa shape index (κ1) is 13.2. The summed E-state index contributed by atoms with van der Waals surface area (Å²) in [5.74, 6) is -0.279. The second-order valence-electron chi connectivity index (χ2n) is 3.79. The molecule has 1 aromatic heterocycles. The number of halogens is 2. The summed E-state index contributed by atoms with van der Waals surface area (Å²) in [6, 6.07) is 6.91. The molecule has 0 N–H and O–H groups in total. The Morgan fingerprint density at radius 2 is 2.28 bits per heavy atom. The van der Waals surface area contributed by atoms with Crippen molar-refractivity contribution in [2.24, 2.45) is 0 Å². The van der Waals surface area contributed by atoms with Crippen LogP contribution >= 0.6 is 27.3 Å². The molecule has 0 amide bonds. The van der Waals surface area contributed by atoms with E-state index in [1.165, 1.54) is 17.4 Å². The van der Waals surface area contributed by atoms with Gasteiger partial charge in [0.05, 0.1) is 16.8 Å². The molecule has 0 aliphatic rings. The number of benzene rings is 1. The first-order valence-electron chi connectivity index (χ1n) is 5.40. The fourth-order valence-electron chi connectivity index (χ4n) is 1.65. The monoisotopic (exact) mass is 324 g/mol. The Hall–Kier alpha value is -1.25. The van der Waals surface area contributed by atoms with Gasteiger partial charge in [0.15, 0.2) is 0 Å². The van der Waals surface area contributed by atoms with E-state index in [4.69, 9.17) is 5.26 Å². The summed E-state index contributed by atoms with van der Waals surface area (Å²) in [5, 5.41) is 9.44. The number of rotatable bonds is 3. The Bertz CT molecular complexity index is 616. The summed E-state index contributed by atoms with van der Waals surface area (Å²) < 4.78 is 14.6. The van der Waals surface area contributed by atoms with Crippen molar-refractivity contribution in [1.82, 2.24) is 4.98 Å². The van der Waals surface area contributed by atoms with Gasteiger partial charge in [-0.05, 0) is 25.1 Å². The first-order chi connectivity index (χ1) is 8.61. The first-order valence-corrected chi connectivity index (χ1v) is 7.01. The van der Waals surface area contributed by atoms with Crippen LogP contribution in [0.15, 0.2) is 22.7 Å². The predicted octanol–water partition coefficient (Wildman–Crippen LogP) is 4.48. The molecule has 2 rings (SSSR count). The van der Waals surface area contributed by atoms with E-state index < -0.39 is 0 Å². The van der Waals surface area contributed by atoms with E-state index in [2.05, 4.69) is 27.0 Å². The lowest BCUT2D eigenvalue weighted by Crippen LogP contribution is -1.88. The van der Waals surface area contributed by atoms with Gasteiger partial charge in [0.25, 0.3) is 0 Å². The highest BCUT2D eigenvalue weighted by Crippen LogP contribution is 2.31. The van der Waals surface area contributed by atoms with Gasteiger partial charge in [-0.15, -0.1) is 11.3 Å². The number of nitrogens with zero attached hydrogens (tertiary/aromatic N) is 2. The van der Waals surface area contributed by atoms with Gasteiger partial charge in [0, 0.05) is 27.8 Å². The van der Waals surface area contributed by atoms with Crippen LogP contribution in [0.2, 0.25) is 0 Å². The molecule has 92 valence electrons. The van der Waals surface area contributed by atoms with Crippen LogP contribution < -0.4 is 0 Å². The molecule has 5 heteroatoms. The molecule has 0 bridgehead atoms. The van der Waals surface area contributed by atoms with Crippen LogP contribution in [0.4, 0.5) is 4.39 Å². The Balaban J connectivity index is 2.41. The summed E-state index contributed by atoms with van der Waals surface area (Å²) in [6.07, 6.45) is 1.06. The van der Waals surface area contributed by atoms with E-state index in [9.17, 15) is 4.39 Å². The Labute approximate surface area is 117 Å². The van der Waals surface area contributed by atoms with E-state index in [-0.39, 0.29) is 5.82 Å². The second-order valence-corrected chi connectivity index (χ2v) is 6.00. The van der Waals surface area contributed by atoms with Gasteiger partial charge in [0.1, 0.15) is 5.82 Å². The molecule has 2 aromatic rings. The average Bonchev–Trinajstić information content (AvgIpc) is 2.71. The van der Waals surface area contributed by atoms with Gasteiger partial charge in [-0.1, -0.05) is 15.9 Å². The van der Waals surface area contributed by atoms with Crippen molar-refractivity contribution < 1.29 is 4.39 Å². The maximum absolute atomic E-state index is 13.8. The van der Waals surface area contributed by atoms with Crippen molar-refractivity contribution in [2.45, 2.75) is 19.8 Å². The smallest absolute Gasteiger partial charge is 0.132 e. The fourth-order valence-corrected chi connectivity index (χ4v) is 2.96. The molecule has 1 heterocycles. The van der Waals surface area contributed by atoms with Crippen LogP contribution in [0.3, 0.4) is 0 Å². The molecule has 0 atom stereocenters. The van der Waals surface area contributed by atoms with Crippen LogP contribution in [-0.4, -0.2) is 4.98 Å². The zero-order valence-electron chi connectivity index (χ0n) is 9.70. The lowest BCUT2D eigenvalue weighted by atomic mass is 10.1. The third-order valence-corrected chi connectivity index (χ3v) is 4.00. The van der Waals surface area contributed by atoms with Gasteiger partial charge in [-0.3, -0.25) is 0 Å². The fraction of sp³-hybridized carbons (Fsp3) is 0.231. The molecule has 0 aliphatic heterocycles. The van der Waals surface area contributed by atoms with E-state index in [1.54, 1.807) is 12.1 Å². The Morgan fingerprint density at radius 3 is 3.00 bits per heavy atom. The zero-order valence-corrected chi connectivity index (χ0v) is 12.1. The molecule has 1 aromatic carbocycles. The van der Waals surface area contributed by atoms with Crippen molar-refractivity contribution in [3.8, 4) is 17.3 Å². The number of hydrogen-bond donors (Lipinski definition) is 0. The third-order valence-electron chi connectivity index (χ3n) is 2.48. The number of nitriles is 1. The highest BCUT2D eigenvalue weighted by atomic mass is 79.9. The molecular weight excluding hydrogens is 315 g/mol. The quantitative estimate of drug-likeness (QED) is 0.834. The lowest BCUT2D eigenvalue weighted by Gasteiger charge is -2.01. The van der Waals surface area contributed by atoms with Crippen molar-refractivity contribution >= 4 is 27.3 Å². The summed E-state index contributed by atoms with van der Waals surface area (Å²) in [7, 11) is 0. The molecule has 0 fully saturated rings. The van der Waals surface area contributed by atoms with Gasteiger partial charge < -0.3 is 0 Å². The standard InChI is InChI=1S/C13H10BrFN2S/c1-8-13(17-12(18-8)3-2-6-16)10-7-9(14)4-5-11(10)15/h4-5,7H,2-3H2,1H3. The van der Waals surface area contributed by atoms with Crippen LogP contribution in [0.1, 0.15) is 16.3 Å². The normalized spacial score (nSPS) is 10.3. The summed E-state index contributed by atoms with van der Waals surface area (Å²) in [4.78, 5) is 5.40. The molecule has 0 saturated heterocycles. The van der Waals surface area contributed by atoms with Gasteiger partial charge in [0.2, 0.25) is 0 Å². The van der Waals surface area contributed by atoms with Gasteiger partial charge >= 0.3 is 0 Å². The molecule has 18 heavy (non-hydrogen) atoms. The van der Waals surface area contributed by atoms with Crippen molar-refractivity contribution in [1.29, 1.82) is 5.26 Å². The number of hydrogen-bond acceptors (Lipinski definition) is 3. The largest absolute Gasteiger partial charge is 0.241 e. The van der Waals surface area contributed by atoms with Crippen LogP contribution in [0, 0.1) is 24.1 Å². The molecule has 0 aliphatic carbocycles. The van der Waals surface area contributed by atoms with Crippen LogP contribution in [0.25, 0.3) is 11.3 Å². The molecule has 0 saturated carbocycles. The highest BCUT2D eigenvalue weighted by Gasteiger charge is 2.13. The molecule has 0 unspecified atom stereocenters. The SMILES string of the molecule is Cc1sc(CCC#N)nc1-c1cc(Br)ccc1F. The second kappa shape index (κ2) is 5.59. The summed E-state index contributed by atoms with van der Waals surface area (Å²) >= 11 is 4.85. The topological polar surface area (TPSA) is 36.7 Å². The molecule has 0 spiro atoms. The van der Waals surface area contributed by atoms with Gasteiger partial charge in [-0.25, -0.2) is 9.37 Å². The zero-order chi connectivity index (χ0) is 13.1. The highest BCUT2D eigenvalue weighted by molar-refractivity contribution is 9.10. The molecule has 0 radical (unpaired) electrons. The Morgan fingerprint density at radius 1 is 1.50 bits per heavy atom. The average molecular weight is 325 g/mol. The minimum Gasteiger partial charge on any atom is -0.241 e. The van der Waals surface area contributed by atoms with E-state index in [1.807, 2.05) is 6.92 Å². The minimum atomic E-state index is -0.279. The van der Waals surface area contributed by atoms with Crippen molar-refractivity contribution in [3.63, 3.8) is 0 Å². The van der Waals surface area contributed by atoms with Crippen molar-refractivity contribution in [2.75, 3.05) is 0 Å². The van der Waals surface area contributed by atoms with Crippen LogP contribution in [-0.2, 0) is 6.42 Å². The summed E-state index contributed by atoms with van der Waals surface area (Å²) in [6.45, 7) is 1.92. The van der Waals surface area contributed by atoms with Crippen LogP contribution in [0.5, 0.6) is 0 Å². The van der Waals surface area contributed by atoms with Crippen molar-refractivity contribution in [3.05, 3.63) is 38.4 Å². The molecule has 2 nitrogen and oxygen atoms in total. The lowest BCUT2D eigenvalue weighted by molar-refractivity contribution is 0.630. The van der Waals surface area contributed by atoms with E-state index >= 15 is 0 Å².